The summed E-state index contributed by atoms with van der Waals surface area (Å²) in [4.78, 5) is 35.9. The monoisotopic (exact) mass is 590 g/mol. The molecule has 3 aromatic rings. The van der Waals surface area contributed by atoms with E-state index in [-0.39, 0.29) is 35.8 Å². The zero-order valence-electron chi connectivity index (χ0n) is 22.8. The van der Waals surface area contributed by atoms with Crippen LogP contribution in [-0.4, -0.2) is 53.7 Å². The normalized spacial score (nSPS) is 15.9. The van der Waals surface area contributed by atoms with Gasteiger partial charge in [-0.05, 0) is 36.6 Å². The summed E-state index contributed by atoms with van der Waals surface area (Å²) in [5, 5.41) is 3.60. The lowest BCUT2D eigenvalue weighted by Gasteiger charge is -2.21. The third kappa shape index (κ3) is 7.54. The van der Waals surface area contributed by atoms with Gasteiger partial charge in [0.1, 0.15) is 33.5 Å². The summed E-state index contributed by atoms with van der Waals surface area (Å²) in [6, 6.07) is 9.56. The van der Waals surface area contributed by atoms with Crippen LogP contribution in [0.3, 0.4) is 0 Å². The van der Waals surface area contributed by atoms with Crippen LogP contribution in [0.25, 0.3) is 0 Å². The number of carbonyl (C=O) groups excluding carboxylic acids is 2. The third-order valence-corrected chi connectivity index (χ3v) is 8.43. The molecule has 0 amide bonds. The first-order valence-electron chi connectivity index (χ1n) is 13.3. The lowest BCUT2D eigenvalue weighted by molar-refractivity contribution is -0.118. The summed E-state index contributed by atoms with van der Waals surface area (Å²) in [6.45, 7) is 6.46. The van der Waals surface area contributed by atoms with Crippen molar-refractivity contribution in [3.63, 3.8) is 0 Å². The molecule has 3 heterocycles. The Kier molecular flexibility index (Phi) is 10.1. The average molecular weight is 591 g/mol. The molecule has 1 aliphatic rings. The highest BCUT2D eigenvalue weighted by Crippen LogP contribution is 2.34. The number of Topliss-reactive ketones (excluding diaryl/α,β-unsaturated/α-hetero) is 2. The lowest BCUT2D eigenvalue weighted by Crippen LogP contribution is -2.25. The Morgan fingerprint density at radius 1 is 1.25 bits per heavy atom. The Bertz CT molecular complexity index is 1340. The Balaban J connectivity index is 1.31. The molecule has 0 aliphatic carbocycles. The second-order valence-electron chi connectivity index (χ2n) is 9.93. The van der Waals surface area contributed by atoms with E-state index in [0.717, 1.165) is 23.4 Å². The second-order valence-corrected chi connectivity index (χ2v) is 11.4. The number of hydrogen-bond acceptors (Lipinski definition) is 8. The molecular formula is C29H33ClF2N4O3S. The van der Waals surface area contributed by atoms with Gasteiger partial charge in [0.05, 0.1) is 35.8 Å². The van der Waals surface area contributed by atoms with Gasteiger partial charge < -0.3 is 15.0 Å². The first-order chi connectivity index (χ1) is 19.1. The van der Waals surface area contributed by atoms with E-state index >= 15 is 0 Å². The molecule has 0 saturated carbocycles. The maximum absolute atomic E-state index is 13.0. The van der Waals surface area contributed by atoms with E-state index < -0.39 is 13.0 Å². The Morgan fingerprint density at radius 2 is 2.00 bits per heavy atom. The molecule has 2 atom stereocenters. The van der Waals surface area contributed by atoms with Gasteiger partial charge in [-0.25, -0.2) is 18.7 Å². The number of nitrogens with one attached hydrogen (secondary N) is 1. The summed E-state index contributed by atoms with van der Waals surface area (Å²) in [6.07, 6.45) is 0.862. The number of carbonyl (C=O) groups is 2. The van der Waals surface area contributed by atoms with E-state index in [1.807, 2.05) is 45.0 Å². The number of halogens is 3. The maximum Gasteiger partial charge on any atom is 0.255 e. The molecule has 11 heteroatoms. The van der Waals surface area contributed by atoms with Gasteiger partial charge in [-0.1, -0.05) is 37.6 Å². The molecule has 40 heavy (non-hydrogen) atoms. The fourth-order valence-corrected chi connectivity index (χ4v) is 5.99. The number of ketones is 2. The van der Waals surface area contributed by atoms with Crippen LogP contribution in [0.15, 0.2) is 36.5 Å². The van der Waals surface area contributed by atoms with Crippen LogP contribution in [-0.2, 0) is 11.2 Å². The van der Waals surface area contributed by atoms with Gasteiger partial charge in [0.25, 0.3) is 6.43 Å². The number of aryl methyl sites for hydroxylation is 1. The summed E-state index contributed by atoms with van der Waals surface area (Å²) < 4.78 is 31.4. The Hall–Kier alpha value is -3.11. The quantitative estimate of drug-likeness (QED) is 0.221. The topological polar surface area (TPSA) is 84.4 Å². The fourth-order valence-electron chi connectivity index (χ4n) is 4.65. The predicted molar refractivity (Wildman–Crippen MR) is 155 cm³/mol. The highest BCUT2D eigenvalue weighted by atomic mass is 35.5. The van der Waals surface area contributed by atoms with E-state index in [1.54, 1.807) is 12.3 Å². The van der Waals surface area contributed by atoms with Crippen LogP contribution in [0.1, 0.15) is 65.0 Å². The van der Waals surface area contributed by atoms with Crippen molar-refractivity contribution in [2.24, 2.45) is 0 Å². The third-order valence-electron chi connectivity index (χ3n) is 6.86. The molecule has 0 radical (unpaired) electrons. The van der Waals surface area contributed by atoms with Crippen molar-refractivity contribution >= 4 is 46.0 Å². The molecule has 0 spiro atoms. The van der Waals surface area contributed by atoms with Crippen molar-refractivity contribution in [2.45, 2.75) is 64.9 Å². The van der Waals surface area contributed by atoms with E-state index in [0.29, 0.717) is 46.5 Å². The van der Waals surface area contributed by atoms with Gasteiger partial charge >= 0.3 is 0 Å². The molecule has 2 aromatic heterocycles. The number of hydrogen-bond donors (Lipinski definition) is 1. The van der Waals surface area contributed by atoms with Crippen LogP contribution in [0.4, 0.5) is 20.3 Å². The summed E-state index contributed by atoms with van der Waals surface area (Å²) in [5.74, 6) is 1.13. The molecule has 1 aromatic carbocycles. The number of rotatable bonds is 13. The molecule has 1 N–H and O–H groups in total. The minimum atomic E-state index is -2.50. The van der Waals surface area contributed by atoms with Gasteiger partial charge in [0.2, 0.25) is 0 Å². The van der Waals surface area contributed by atoms with Crippen molar-refractivity contribution in [1.29, 1.82) is 0 Å². The lowest BCUT2D eigenvalue weighted by atomic mass is 9.95. The molecule has 0 bridgehead atoms. The molecule has 214 valence electrons. The second kappa shape index (κ2) is 13.5. The zero-order chi connectivity index (χ0) is 28.8. The number of alkyl halides is 2. The van der Waals surface area contributed by atoms with E-state index in [2.05, 4.69) is 20.2 Å². The summed E-state index contributed by atoms with van der Waals surface area (Å²) in [7, 11) is 0. The average Bonchev–Trinajstić information content (AvgIpc) is 3.54. The molecule has 1 fully saturated rings. The Morgan fingerprint density at radius 3 is 2.70 bits per heavy atom. The first kappa shape index (κ1) is 29.9. The number of ether oxygens (including phenoxy) is 1. The number of aromatic nitrogens is 2. The van der Waals surface area contributed by atoms with Crippen LogP contribution in [0, 0.1) is 6.92 Å². The van der Waals surface area contributed by atoms with Crippen molar-refractivity contribution in [3.05, 3.63) is 62.7 Å². The smallest absolute Gasteiger partial charge is 0.255 e. The van der Waals surface area contributed by atoms with Gasteiger partial charge in [-0.15, -0.1) is 11.3 Å². The standard InChI is InChI=1S/C29H33ClF2N4O3S/c1-4-20(37)14-26-35-18(3)28(40-26)24(38)13-17(2)19-5-7-21(8-6-19)39-22-10-12-36(16-22)23-9-11-33-29(27(23)30)34-15-25(31)32/h5-9,11,17,22,25H,4,10,12-16H2,1-3H3,(H,33,34)/t17-,22-/m1/s1. The predicted octanol–water partition coefficient (Wildman–Crippen LogP) is 6.73. The minimum Gasteiger partial charge on any atom is -0.489 e. The molecule has 1 aliphatic heterocycles. The van der Waals surface area contributed by atoms with E-state index in [9.17, 15) is 18.4 Å². The molecule has 0 unspecified atom stereocenters. The maximum atomic E-state index is 13.0. The van der Waals surface area contributed by atoms with Gasteiger partial charge in [0.15, 0.2) is 5.78 Å². The van der Waals surface area contributed by atoms with Crippen LogP contribution in [0.2, 0.25) is 5.02 Å². The van der Waals surface area contributed by atoms with E-state index in [1.165, 1.54) is 11.3 Å². The summed E-state index contributed by atoms with van der Waals surface area (Å²) >= 11 is 7.77. The minimum absolute atomic E-state index is 0.00690. The highest BCUT2D eigenvalue weighted by Gasteiger charge is 2.27. The molecule has 7 nitrogen and oxygen atoms in total. The van der Waals surface area contributed by atoms with Gasteiger partial charge in [-0.2, -0.15) is 0 Å². The first-order valence-corrected chi connectivity index (χ1v) is 14.5. The molecule has 1 saturated heterocycles. The van der Waals surface area contributed by atoms with Crippen LogP contribution >= 0.6 is 22.9 Å². The number of thiazole rings is 1. The number of pyridine rings is 1. The van der Waals surface area contributed by atoms with Crippen molar-refractivity contribution in [1.82, 2.24) is 9.97 Å². The largest absolute Gasteiger partial charge is 0.489 e. The van der Waals surface area contributed by atoms with Crippen molar-refractivity contribution < 1.29 is 23.1 Å². The molecule has 4 rings (SSSR count). The highest BCUT2D eigenvalue weighted by molar-refractivity contribution is 7.14. The van der Waals surface area contributed by atoms with Crippen LogP contribution in [0.5, 0.6) is 5.75 Å². The summed E-state index contributed by atoms with van der Waals surface area (Å²) in [5.41, 5.74) is 2.45. The fraction of sp³-hybridized carbons (Fsp3) is 0.448. The van der Waals surface area contributed by atoms with Gasteiger partial charge in [0, 0.05) is 32.0 Å². The van der Waals surface area contributed by atoms with Crippen molar-refractivity contribution in [2.75, 3.05) is 29.9 Å². The Labute approximate surface area is 241 Å². The zero-order valence-corrected chi connectivity index (χ0v) is 24.3. The SMILES string of the molecule is CCC(=O)Cc1nc(C)c(C(=O)C[C@@H](C)c2ccc(O[C@@H]3CCN(c4ccnc(NCC(F)F)c4Cl)C3)cc2)s1. The number of anilines is 2. The van der Waals surface area contributed by atoms with E-state index in [4.69, 9.17) is 16.3 Å². The number of nitrogens with zero attached hydrogens (tertiary/aromatic N) is 3. The molecular weight excluding hydrogens is 558 g/mol. The van der Waals surface area contributed by atoms with Crippen molar-refractivity contribution in [3.8, 4) is 5.75 Å². The van der Waals surface area contributed by atoms with Crippen LogP contribution < -0.4 is 15.0 Å². The van der Waals surface area contributed by atoms with Gasteiger partial charge in [-0.3, -0.25) is 9.59 Å². The number of benzene rings is 1.